The van der Waals surface area contributed by atoms with Crippen LogP contribution in [0.15, 0.2) is 70.1 Å². The van der Waals surface area contributed by atoms with E-state index in [0.717, 1.165) is 11.3 Å². The third kappa shape index (κ3) is 6.28. The van der Waals surface area contributed by atoms with Gasteiger partial charge in [-0.2, -0.15) is 0 Å². The minimum absolute atomic E-state index is 0.00566. The predicted molar refractivity (Wildman–Crippen MR) is 166 cm³/mol. The van der Waals surface area contributed by atoms with Gasteiger partial charge in [0.05, 0.1) is 35.1 Å². The molecule has 0 saturated carbocycles. The van der Waals surface area contributed by atoms with E-state index in [1.165, 1.54) is 17.2 Å². The van der Waals surface area contributed by atoms with Crippen molar-refractivity contribution in [2.24, 2.45) is 5.73 Å². The van der Waals surface area contributed by atoms with Crippen molar-refractivity contribution in [2.75, 3.05) is 23.7 Å². The maximum absolute atomic E-state index is 13.4. The van der Waals surface area contributed by atoms with Gasteiger partial charge < -0.3 is 24.7 Å². The molecule has 0 aliphatic carbocycles. The Morgan fingerprint density at radius 2 is 1.84 bits per heavy atom. The molecule has 0 spiro atoms. The van der Waals surface area contributed by atoms with Crippen LogP contribution in [0.25, 0.3) is 11.5 Å². The van der Waals surface area contributed by atoms with Gasteiger partial charge in [0.2, 0.25) is 17.7 Å². The lowest BCUT2D eigenvalue weighted by molar-refractivity contribution is -0.119. The summed E-state index contributed by atoms with van der Waals surface area (Å²) in [7, 11) is -3.87. The van der Waals surface area contributed by atoms with E-state index >= 15 is 0 Å². The van der Waals surface area contributed by atoms with Gasteiger partial charge in [-0.05, 0) is 67.8 Å². The minimum atomic E-state index is -3.87. The molecule has 45 heavy (non-hydrogen) atoms. The predicted octanol–water partition coefficient (Wildman–Crippen LogP) is 4.29. The monoisotopic (exact) mass is 650 g/mol. The number of nitrogens with two attached hydrogens (primary N) is 1. The Bertz CT molecular complexity index is 1850. The second-order valence-electron chi connectivity index (χ2n) is 11.6. The van der Waals surface area contributed by atoms with Gasteiger partial charge >= 0.3 is 6.09 Å². The topological polar surface area (TPSA) is 162 Å². The molecule has 2 aromatic heterocycles. The van der Waals surface area contributed by atoms with Crippen molar-refractivity contribution in [1.29, 1.82) is 0 Å². The number of sulfone groups is 1. The van der Waals surface area contributed by atoms with E-state index in [4.69, 9.17) is 26.5 Å². The highest BCUT2D eigenvalue weighted by atomic mass is 35.5. The zero-order valence-electron chi connectivity index (χ0n) is 24.6. The van der Waals surface area contributed by atoms with E-state index < -0.39 is 39.0 Å². The minimum Gasteiger partial charge on any atom is -0.420 e. The van der Waals surface area contributed by atoms with Crippen molar-refractivity contribution in [2.45, 2.75) is 49.6 Å². The first-order chi connectivity index (χ1) is 21.4. The number of nitrogens with zero attached hydrogens (tertiary/aromatic N) is 5. The molecule has 1 saturated heterocycles. The Morgan fingerprint density at radius 1 is 1.11 bits per heavy atom. The lowest BCUT2D eigenvalue weighted by Gasteiger charge is -2.36. The molecule has 1 atom stereocenters. The second kappa shape index (κ2) is 11.9. The molecule has 2 aliphatic heterocycles. The fraction of sp³-hybridized carbons (Fsp3) is 0.323. The van der Waals surface area contributed by atoms with Crippen LogP contribution >= 0.6 is 11.6 Å². The zero-order valence-corrected chi connectivity index (χ0v) is 26.2. The number of ether oxygens (including phenoxy) is 1. The maximum atomic E-state index is 13.4. The number of hydrogen-bond acceptors (Lipinski definition) is 10. The molecule has 2 aromatic carbocycles. The Balaban J connectivity index is 1.23. The maximum Gasteiger partial charge on any atom is 0.415 e. The molecule has 234 valence electrons. The van der Waals surface area contributed by atoms with E-state index in [0.29, 0.717) is 48.2 Å². The number of anilines is 1. The molecule has 6 rings (SSSR count). The average molecular weight is 651 g/mol. The third-order valence-corrected chi connectivity index (χ3v) is 10.3. The van der Waals surface area contributed by atoms with Crippen LogP contribution in [0, 0.1) is 6.92 Å². The number of carbonyl (C=O) groups excluding carboxylic acids is 2. The van der Waals surface area contributed by atoms with Crippen molar-refractivity contribution in [1.82, 2.24) is 20.1 Å². The standard InChI is InChI=1S/C31H31ClN6O6S/c1-19-3-9-23(16-34-19)43-30(40)37-13-11-31(2,12-14-37)29-36-35-27(44-29)21-6-10-26-25(15-21)38(17-20-4-7-22(32)8-5-20)28(39)24(33)18-45(26,41)42/h3-10,15-16,24H,11-14,17-18,33H2,1-2H3/t24-/m0/s1. The second-order valence-corrected chi connectivity index (χ2v) is 14.0. The summed E-state index contributed by atoms with van der Waals surface area (Å²) >= 11 is 6.03. The van der Waals surface area contributed by atoms with Crippen LogP contribution in [0.3, 0.4) is 0 Å². The lowest BCUT2D eigenvalue weighted by atomic mass is 9.80. The number of piperidine rings is 1. The van der Waals surface area contributed by atoms with Crippen LogP contribution in [-0.2, 0) is 26.6 Å². The summed E-state index contributed by atoms with van der Waals surface area (Å²) < 4.78 is 38.0. The van der Waals surface area contributed by atoms with Gasteiger partial charge in [0, 0.05) is 34.8 Å². The highest BCUT2D eigenvalue weighted by molar-refractivity contribution is 7.91. The number of fused-ring (bicyclic) bond motifs is 1. The van der Waals surface area contributed by atoms with Crippen molar-refractivity contribution in [3.05, 3.63) is 83.0 Å². The van der Waals surface area contributed by atoms with E-state index in [1.807, 2.05) is 13.8 Å². The highest BCUT2D eigenvalue weighted by Crippen LogP contribution is 2.38. The Hall–Kier alpha value is -4.33. The van der Waals surface area contributed by atoms with E-state index in [-0.39, 0.29) is 23.0 Å². The number of benzene rings is 2. The smallest absolute Gasteiger partial charge is 0.415 e. The molecule has 0 unspecified atom stereocenters. The van der Waals surface area contributed by atoms with Crippen molar-refractivity contribution in [3.8, 4) is 17.2 Å². The van der Waals surface area contributed by atoms with Gasteiger partial charge in [-0.15, -0.1) is 10.2 Å². The molecule has 4 heterocycles. The highest BCUT2D eigenvalue weighted by Gasteiger charge is 2.39. The number of aryl methyl sites for hydroxylation is 1. The van der Waals surface area contributed by atoms with Crippen molar-refractivity contribution in [3.63, 3.8) is 0 Å². The first-order valence-electron chi connectivity index (χ1n) is 14.3. The van der Waals surface area contributed by atoms with Crippen LogP contribution in [0.5, 0.6) is 5.75 Å². The zero-order chi connectivity index (χ0) is 31.9. The molecule has 2 N–H and O–H groups in total. The van der Waals surface area contributed by atoms with Gasteiger partial charge in [0.15, 0.2) is 15.6 Å². The first kappa shape index (κ1) is 30.7. The summed E-state index contributed by atoms with van der Waals surface area (Å²) in [6.07, 6.45) is 2.17. The van der Waals surface area contributed by atoms with Crippen molar-refractivity contribution < 1.29 is 27.2 Å². The van der Waals surface area contributed by atoms with Crippen LogP contribution in [0.2, 0.25) is 5.02 Å². The molecular formula is C31H31ClN6O6S. The summed E-state index contributed by atoms with van der Waals surface area (Å²) in [6.45, 7) is 4.78. The van der Waals surface area contributed by atoms with E-state index in [2.05, 4.69) is 15.2 Å². The lowest BCUT2D eigenvalue weighted by Crippen LogP contribution is -2.45. The molecule has 14 heteroatoms. The van der Waals surface area contributed by atoms with Gasteiger partial charge in [-0.3, -0.25) is 9.78 Å². The molecule has 2 amide bonds. The van der Waals surface area contributed by atoms with Gasteiger partial charge in [-0.1, -0.05) is 30.7 Å². The molecule has 12 nitrogen and oxygen atoms in total. The van der Waals surface area contributed by atoms with Crippen LogP contribution in [0.4, 0.5) is 10.5 Å². The van der Waals surface area contributed by atoms with Gasteiger partial charge in [0.1, 0.15) is 0 Å². The number of likely N-dealkylation sites (tertiary alicyclic amines) is 1. The Kier molecular flexibility index (Phi) is 8.10. The molecule has 2 aliphatic rings. The fourth-order valence-corrected chi connectivity index (χ4v) is 7.12. The summed E-state index contributed by atoms with van der Waals surface area (Å²) in [5, 5.41) is 9.12. The molecule has 0 bridgehead atoms. The summed E-state index contributed by atoms with van der Waals surface area (Å²) in [4.78, 5) is 33.2. The van der Waals surface area contributed by atoms with Crippen LogP contribution in [0.1, 0.15) is 36.9 Å². The summed E-state index contributed by atoms with van der Waals surface area (Å²) in [5.74, 6) is -0.0822. The van der Waals surface area contributed by atoms with Gasteiger partial charge in [0.25, 0.3) is 0 Å². The Morgan fingerprint density at radius 3 is 2.53 bits per heavy atom. The first-order valence-corrected chi connectivity index (χ1v) is 16.4. The molecule has 4 aromatic rings. The normalized spacial score (nSPS) is 19.1. The van der Waals surface area contributed by atoms with Crippen LogP contribution < -0.4 is 15.4 Å². The number of amides is 2. The number of aromatic nitrogens is 3. The summed E-state index contributed by atoms with van der Waals surface area (Å²) in [5.41, 5.74) is 7.75. The summed E-state index contributed by atoms with van der Waals surface area (Å²) in [6, 6.07) is 13.8. The van der Waals surface area contributed by atoms with Crippen molar-refractivity contribution >= 4 is 39.1 Å². The quantitative estimate of drug-likeness (QED) is 0.330. The van der Waals surface area contributed by atoms with Gasteiger partial charge in [-0.25, -0.2) is 13.2 Å². The fourth-order valence-electron chi connectivity index (χ4n) is 5.44. The molecule has 1 fully saturated rings. The van der Waals surface area contributed by atoms with E-state index in [1.54, 1.807) is 53.4 Å². The number of carbonyl (C=O) groups is 2. The Labute approximate surface area is 265 Å². The number of halogens is 1. The van der Waals surface area contributed by atoms with Crippen LogP contribution in [-0.4, -0.2) is 65.4 Å². The van der Waals surface area contributed by atoms with E-state index in [9.17, 15) is 18.0 Å². The molecule has 0 radical (unpaired) electrons. The third-order valence-electron chi connectivity index (χ3n) is 8.22. The SMILES string of the molecule is Cc1ccc(OC(=O)N2CCC(C)(c3nnc(-c4ccc5c(c4)N(Cc4ccc(Cl)cc4)C(=O)[C@@H](N)CS5(=O)=O)o3)CC2)cn1. The average Bonchev–Trinajstić information content (AvgIpc) is 3.51. The number of hydrogen-bond donors (Lipinski definition) is 1. The molecular weight excluding hydrogens is 620 g/mol. The number of pyridine rings is 1. The number of rotatable bonds is 5. The largest absolute Gasteiger partial charge is 0.420 e.